The van der Waals surface area contributed by atoms with Crippen molar-refractivity contribution in [1.82, 2.24) is 4.90 Å². The molecule has 8 heteroatoms. The van der Waals surface area contributed by atoms with Crippen LogP contribution in [0.2, 0.25) is 0 Å². The monoisotopic (exact) mass is 557 g/mol. The van der Waals surface area contributed by atoms with Crippen molar-refractivity contribution in [3.05, 3.63) is 119 Å². The molecule has 4 rings (SSSR count). The van der Waals surface area contributed by atoms with Gasteiger partial charge in [0.25, 0.3) is 5.91 Å². The van der Waals surface area contributed by atoms with Gasteiger partial charge in [0, 0.05) is 24.2 Å². The Kier molecular flexibility index (Phi) is 9.58. The Morgan fingerprint density at radius 3 is 2.15 bits per heavy atom. The van der Waals surface area contributed by atoms with E-state index >= 15 is 0 Å². The number of carboxylic acid groups (broad SMARTS) is 1. The van der Waals surface area contributed by atoms with Crippen LogP contribution in [0.4, 0.5) is 4.39 Å². The van der Waals surface area contributed by atoms with Crippen molar-refractivity contribution in [1.29, 1.82) is 0 Å². The number of carbonyl (C=O) groups excluding carboxylic acids is 1. The molecule has 0 saturated heterocycles. The molecule has 0 saturated carbocycles. The summed E-state index contributed by atoms with van der Waals surface area (Å²) in [6, 6.07) is 23.4. The highest BCUT2D eigenvalue weighted by atomic mass is 19.1. The molecule has 1 N–H and O–H groups in total. The van der Waals surface area contributed by atoms with Gasteiger partial charge in [0.2, 0.25) is 0 Å². The molecule has 0 heterocycles. The van der Waals surface area contributed by atoms with Crippen LogP contribution < -0.4 is 14.2 Å². The van der Waals surface area contributed by atoms with Gasteiger partial charge in [0.05, 0.1) is 14.2 Å². The first-order valence-electron chi connectivity index (χ1n) is 13.1. The zero-order chi connectivity index (χ0) is 29.4. The van der Waals surface area contributed by atoms with E-state index in [9.17, 15) is 19.1 Å². The Hall–Kier alpha value is -4.85. The minimum absolute atomic E-state index is 0.0654. The number of aromatic carboxylic acids is 1. The Bertz CT molecular complexity index is 1490. The lowest BCUT2D eigenvalue weighted by Gasteiger charge is -2.24. The van der Waals surface area contributed by atoms with Crippen LogP contribution in [0.3, 0.4) is 0 Å². The lowest BCUT2D eigenvalue weighted by Crippen LogP contribution is -2.32. The van der Waals surface area contributed by atoms with Crippen LogP contribution in [0.25, 0.3) is 0 Å². The second-order valence-electron chi connectivity index (χ2n) is 9.51. The van der Waals surface area contributed by atoms with Crippen LogP contribution in [0.5, 0.6) is 23.0 Å². The average Bonchev–Trinajstić information content (AvgIpc) is 2.97. The van der Waals surface area contributed by atoms with E-state index in [-0.39, 0.29) is 23.0 Å². The zero-order valence-electron chi connectivity index (χ0n) is 23.2. The molecule has 1 amide bonds. The van der Waals surface area contributed by atoms with Crippen molar-refractivity contribution < 1.29 is 33.3 Å². The number of halogens is 1. The minimum Gasteiger partial charge on any atom is -0.496 e. The zero-order valence-corrected chi connectivity index (χ0v) is 23.2. The van der Waals surface area contributed by atoms with E-state index in [4.69, 9.17) is 14.2 Å². The summed E-state index contributed by atoms with van der Waals surface area (Å²) < 4.78 is 30.4. The van der Waals surface area contributed by atoms with Crippen LogP contribution in [0.1, 0.15) is 43.8 Å². The highest BCUT2D eigenvalue weighted by Gasteiger charge is 2.20. The third-order valence-corrected chi connectivity index (χ3v) is 6.71. The number of hydrogen-bond donors (Lipinski definition) is 1. The normalized spacial score (nSPS) is 10.6. The number of ether oxygens (including phenoxy) is 3. The van der Waals surface area contributed by atoms with Crippen molar-refractivity contribution in [3.8, 4) is 23.0 Å². The molecule has 7 nitrogen and oxygen atoms in total. The van der Waals surface area contributed by atoms with Gasteiger partial charge in [-0.3, -0.25) is 4.79 Å². The molecule has 0 aliphatic heterocycles. The van der Waals surface area contributed by atoms with Crippen LogP contribution >= 0.6 is 0 Å². The fourth-order valence-electron chi connectivity index (χ4n) is 4.55. The molecule has 0 radical (unpaired) electrons. The molecule has 0 atom stereocenters. The average molecular weight is 558 g/mol. The highest BCUT2D eigenvalue weighted by Crippen LogP contribution is 2.31. The number of para-hydroxylation sites is 1. The topological polar surface area (TPSA) is 85.3 Å². The largest absolute Gasteiger partial charge is 0.496 e. The van der Waals surface area contributed by atoms with E-state index in [2.05, 4.69) is 0 Å². The van der Waals surface area contributed by atoms with Crippen molar-refractivity contribution in [2.45, 2.75) is 26.3 Å². The molecule has 4 aromatic carbocycles. The first-order chi connectivity index (χ1) is 19.8. The summed E-state index contributed by atoms with van der Waals surface area (Å²) in [6.07, 6.45) is 1.24. The lowest BCUT2D eigenvalue weighted by atomic mass is 10.1. The predicted molar refractivity (Wildman–Crippen MR) is 154 cm³/mol. The number of nitrogens with zero attached hydrogens (tertiary/aromatic N) is 1. The molecular formula is C33H32FNO6. The standard InChI is InChI=1S/C33H32FNO6/c1-22-30(39-2)19-25(20-31(22)40-3)32(36)35(17-7-9-23-8-6-10-26(34)18-23)21-24-13-15-27(16-14-24)41-29-12-5-4-11-28(29)33(37)38/h4-6,8,10-16,18-20H,7,9,17,21H2,1-3H3,(H,37,38). The maximum atomic E-state index is 13.8. The van der Waals surface area contributed by atoms with Gasteiger partial charge in [-0.05, 0) is 79.4 Å². The summed E-state index contributed by atoms with van der Waals surface area (Å²) in [5, 5.41) is 9.42. The van der Waals surface area contributed by atoms with E-state index in [0.29, 0.717) is 48.7 Å². The van der Waals surface area contributed by atoms with E-state index < -0.39 is 5.97 Å². The van der Waals surface area contributed by atoms with Gasteiger partial charge in [-0.1, -0.05) is 36.4 Å². The second-order valence-corrected chi connectivity index (χ2v) is 9.51. The lowest BCUT2D eigenvalue weighted by molar-refractivity contribution is 0.0692. The Balaban J connectivity index is 1.55. The van der Waals surface area contributed by atoms with Gasteiger partial charge in [-0.15, -0.1) is 0 Å². The van der Waals surface area contributed by atoms with Crippen molar-refractivity contribution in [3.63, 3.8) is 0 Å². The van der Waals surface area contributed by atoms with E-state index in [1.807, 2.05) is 25.1 Å². The molecule has 0 unspecified atom stereocenters. The minimum atomic E-state index is -1.08. The van der Waals surface area contributed by atoms with Crippen molar-refractivity contribution in [2.75, 3.05) is 20.8 Å². The van der Waals surface area contributed by atoms with Crippen LogP contribution in [0, 0.1) is 12.7 Å². The number of rotatable bonds is 12. The fraction of sp³-hybridized carbons (Fsp3) is 0.212. The number of benzene rings is 4. The number of carboxylic acids is 1. The molecule has 0 bridgehead atoms. The second kappa shape index (κ2) is 13.5. The Labute approximate surface area is 238 Å². The Morgan fingerprint density at radius 2 is 1.51 bits per heavy atom. The maximum absolute atomic E-state index is 13.8. The van der Waals surface area contributed by atoms with Gasteiger partial charge in [0.15, 0.2) is 0 Å². The van der Waals surface area contributed by atoms with Crippen LogP contribution in [-0.2, 0) is 13.0 Å². The summed E-state index contributed by atoms with van der Waals surface area (Å²) in [4.78, 5) is 27.0. The number of amides is 1. The third kappa shape index (κ3) is 7.42. The molecule has 0 spiro atoms. The SMILES string of the molecule is COc1cc(C(=O)N(CCCc2cccc(F)c2)Cc2ccc(Oc3ccccc3C(=O)O)cc2)cc(OC)c1C. The first-order valence-corrected chi connectivity index (χ1v) is 13.1. The summed E-state index contributed by atoms with van der Waals surface area (Å²) in [5.41, 5.74) is 3.01. The Morgan fingerprint density at radius 1 is 0.829 bits per heavy atom. The number of methoxy groups -OCH3 is 2. The number of hydrogen-bond acceptors (Lipinski definition) is 5. The van der Waals surface area contributed by atoms with Crippen molar-refractivity contribution in [2.24, 2.45) is 0 Å². The fourth-order valence-corrected chi connectivity index (χ4v) is 4.55. The molecule has 0 aliphatic carbocycles. The quantitative estimate of drug-likeness (QED) is 0.204. The van der Waals surface area contributed by atoms with Crippen molar-refractivity contribution >= 4 is 11.9 Å². The smallest absolute Gasteiger partial charge is 0.339 e. The van der Waals surface area contributed by atoms with Gasteiger partial charge in [-0.25, -0.2) is 9.18 Å². The van der Waals surface area contributed by atoms with Gasteiger partial charge >= 0.3 is 5.97 Å². The number of carbonyl (C=O) groups is 2. The van der Waals surface area contributed by atoms with Crippen LogP contribution in [-0.4, -0.2) is 42.6 Å². The molecule has 212 valence electrons. The summed E-state index contributed by atoms with van der Waals surface area (Å²) in [7, 11) is 3.09. The maximum Gasteiger partial charge on any atom is 0.339 e. The number of aryl methyl sites for hydroxylation is 1. The third-order valence-electron chi connectivity index (χ3n) is 6.71. The molecule has 4 aromatic rings. The van der Waals surface area contributed by atoms with Gasteiger partial charge in [0.1, 0.15) is 34.4 Å². The van der Waals surface area contributed by atoms with Crippen LogP contribution in [0.15, 0.2) is 84.9 Å². The van der Waals surface area contributed by atoms with Gasteiger partial charge < -0.3 is 24.2 Å². The molecular weight excluding hydrogens is 525 g/mol. The summed E-state index contributed by atoms with van der Waals surface area (Å²) in [5.74, 6) is 0.253. The van der Waals surface area contributed by atoms with E-state index in [0.717, 1.165) is 16.7 Å². The molecule has 0 aliphatic rings. The summed E-state index contributed by atoms with van der Waals surface area (Å²) >= 11 is 0. The summed E-state index contributed by atoms with van der Waals surface area (Å²) in [6.45, 7) is 2.60. The predicted octanol–water partition coefficient (Wildman–Crippen LogP) is 6.92. The molecule has 41 heavy (non-hydrogen) atoms. The van der Waals surface area contributed by atoms with Gasteiger partial charge in [-0.2, -0.15) is 0 Å². The van der Waals surface area contributed by atoms with E-state index in [1.165, 1.54) is 18.2 Å². The van der Waals surface area contributed by atoms with E-state index in [1.54, 1.807) is 67.7 Å². The molecule has 0 aromatic heterocycles. The first kappa shape index (κ1) is 29.1. The highest BCUT2D eigenvalue weighted by molar-refractivity contribution is 5.95. The molecule has 0 fully saturated rings.